The molecule has 0 spiro atoms. The Morgan fingerprint density at radius 2 is 2.09 bits per heavy atom. The van der Waals surface area contributed by atoms with E-state index in [1.807, 2.05) is 0 Å². The molecule has 1 rings (SSSR count). The van der Waals surface area contributed by atoms with E-state index < -0.39 is 0 Å². The first-order valence-electron chi connectivity index (χ1n) is 2.85. The third kappa shape index (κ3) is 3.00. The summed E-state index contributed by atoms with van der Waals surface area (Å²) in [6.45, 7) is 1.65. The molecule has 0 unspecified atom stereocenters. The third-order valence-corrected chi connectivity index (χ3v) is 1.26. The smallest absolute Gasteiger partial charge is 0.792 e. The zero-order valence-corrected chi connectivity index (χ0v) is 9.62. The summed E-state index contributed by atoms with van der Waals surface area (Å²) >= 11 is 0. The first-order chi connectivity index (χ1) is 4.74. The first kappa shape index (κ1) is 11.3. The van der Waals surface area contributed by atoms with Crippen molar-refractivity contribution in [1.82, 2.24) is 0 Å². The standard InChI is InChI=1S/C7H7NO2.K/c1-5-4-6(8-10)2-3-7(5)9;/h2-4,10H,1H3;/q;+1/p-1/b8-6+;. The quantitative estimate of drug-likeness (QED) is 0.243. The molecule has 0 saturated carbocycles. The molecule has 3 nitrogen and oxygen atoms in total. The van der Waals surface area contributed by atoms with E-state index in [1.54, 1.807) is 6.92 Å². The summed E-state index contributed by atoms with van der Waals surface area (Å²) in [6, 6.07) is 0. The number of allylic oxidation sites excluding steroid dienone is 4. The van der Waals surface area contributed by atoms with E-state index >= 15 is 0 Å². The van der Waals surface area contributed by atoms with Crippen molar-refractivity contribution in [2.75, 3.05) is 0 Å². The number of rotatable bonds is 0. The van der Waals surface area contributed by atoms with E-state index in [-0.39, 0.29) is 57.2 Å². The molecule has 0 radical (unpaired) electrons. The summed E-state index contributed by atoms with van der Waals surface area (Å²) < 4.78 is 0. The van der Waals surface area contributed by atoms with Crippen molar-refractivity contribution >= 4 is 11.5 Å². The van der Waals surface area contributed by atoms with Gasteiger partial charge in [0.25, 0.3) is 0 Å². The Balaban J connectivity index is 0.000001000. The van der Waals surface area contributed by atoms with Crippen molar-refractivity contribution in [3.8, 4) is 0 Å². The van der Waals surface area contributed by atoms with Gasteiger partial charge in [0.2, 0.25) is 0 Å². The van der Waals surface area contributed by atoms with Crippen LogP contribution in [0.1, 0.15) is 6.92 Å². The monoisotopic (exact) mass is 175 g/mol. The van der Waals surface area contributed by atoms with Gasteiger partial charge in [0.15, 0.2) is 5.78 Å². The number of carbonyl (C=O) groups is 1. The molecular weight excluding hydrogens is 169 g/mol. The fourth-order valence-electron chi connectivity index (χ4n) is 0.690. The Bertz CT molecular complexity index is 253. The second-order valence-electron chi connectivity index (χ2n) is 2.04. The Hall–Kier alpha value is 0.256. The molecule has 1 aliphatic carbocycles. The number of nitrogens with zero attached hydrogens (tertiary/aromatic N) is 1. The zero-order chi connectivity index (χ0) is 7.56. The second-order valence-corrected chi connectivity index (χ2v) is 2.04. The van der Waals surface area contributed by atoms with Crippen LogP contribution in [0.4, 0.5) is 0 Å². The van der Waals surface area contributed by atoms with Gasteiger partial charge in [-0.1, -0.05) is 0 Å². The SMILES string of the molecule is CC1=C/C(=N/[O-])C=CC1=O.[K+]. The van der Waals surface area contributed by atoms with Gasteiger partial charge >= 0.3 is 51.4 Å². The van der Waals surface area contributed by atoms with Gasteiger partial charge in [0.1, 0.15) is 0 Å². The van der Waals surface area contributed by atoms with Crippen molar-refractivity contribution in [2.24, 2.45) is 5.16 Å². The molecular formula is C7H6KNO2. The number of carbonyl (C=O) groups excluding carboxylic acids is 1. The van der Waals surface area contributed by atoms with E-state index in [0.29, 0.717) is 11.3 Å². The van der Waals surface area contributed by atoms with Gasteiger partial charge < -0.3 is 10.4 Å². The minimum absolute atomic E-state index is 0. The van der Waals surface area contributed by atoms with Gasteiger partial charge in [-0.3, -0.25) is 4.79 Å². The summed E-state index contributed by atoms with van der Waals surface area (Å²) in [5.41, 5.74) is 0.856. The van der Waals surface area contributed by atoms with Crippen LogP contribution in [0.5, 0.6) is 0 Å². The molecule has 0 heterocycles. The first-order valence-corrected chi connectivity index (χ1v) is 2.85. The molecule has 0 bridgehead atoms. The molecule has 11 heavy (non-hydrogen) atoms. The van der Waals surface area contributed by atoms with Crippen molar-refractivity contribution in [3.63, 3.8) is 0 Å². The predicted octanol–water partition coefficient (Wildman–Crippen LogP) is -1.99. The third-order valence-electron chi connectivity index (χ3n) is 1.26. The minimum Gasteiger partial charge on any atom is -0.792 e. The number of hydrogen-bond acceptors (Lipinski definition) is 3. The Labute approximate surface area is 107 Å². The molecule has 0 saturated heterocycles. The van der Waals surface area contributed by atoms with Gasteiger partial charge in [0.05, 0.1) is 5.71 Å². The summed E-state index contributed by atoms with van der Waals surface area (Å²) in [7, 11) is 0. The summed E-state index contributed by atoms with van der Waals surface area (Å²) in [5, 5.41) is 12.6. The summed E-state index contributed by atoms with van der Waals surface area (Å²) in [5.74, 6) is -0.0626. The molecule has 0 atom stereocenters. The van der Waals surface area contributed by atoms with Gasteiger partial charge in [-0.25, -0.2) is 0 Å². The maximum Gasteiger partial charge on any atom is 1.00 e. The fraction of sp³-hybridized carbons (Fsp3) is 0.143. The van der Waals surface area contributed by atoms with Crippen LogP contribution in [0.2, 0.25) is 0 Å². The van der Waals surface area contributed by atoms with E-state index in [2.05, 4.69) is 5.16 Å². The maximum absolute atomic E-state index is 10.7. The van der Waals surface area contributed by atoms with Crippen LogP contribution in [0.25, 0.3) is 0 Å². The van der Waals surface area contributed by atoms with Gasteiger partial charge in [0, 0.05) is 0 Å². The van der Waals surface area contributed by atoms with Crippen LogP contribution in [0.3, 0.4) is 0 Å². The maximum atomic E-state index is 10.7. The van der Waals surface area contributed by atoms with Gasteiger partial charge in [-0.2, -0.15) is 0 Å². The topological polar surface area (TPSA) is 52.5 Å². The largest absolute Gasteiger partial charge is 1.00 e. The second kappa shape index (κ2) is 5.00. The number of ketones is 1. The van der Waals surface area contributed by atoms with Crippen molar-refractivity contribution in [2.45, 2.75) is 6.92 Å². The van der Waals surface area contributed by atoms with Crippen LogP contribution >= 0.6 is 0 Å². The van der Waals surface area contributed by atoms with E-state index in [0.717, 1.165) is 0 Å². The van der Waals surface area contributed by atoms with E-state index in [1.165, 1.54) is 18.2 Å². The molecule has 52 valence electrons. The molecule has 0 amide bonds. The zero-order valence-electron chi connectivity index (χ0n) is 6.50. The number of hydrogen-bond donors (Lipinski definition) is 0. The van der Waals surface area contributed by atoms with Crippen LogP contribution < -0.4 is 51.4 Å². The summed E-state index contributed by atoms with van der Waals surface area (Å²) in [4.78, 5) is 10.7. The molecule has 0 aromatic carbocycles. The predicted molar refractivity (Wildman–Crippen MR) is 38.7 cm³/mol. The van der Waals surface area contributed by atoms with Crippen LogP contribution in [-0.2, 0) is 4.79 Å². The average Bonchev–Trinajstić information content (AvgIpc) is 1.95. The molecule has 4 heteroatoms. The Morgan fingerprint density at radius 1 is 1.45 bits per heavy atom. The minimum atomic E-state index is -0.0626. The Kier molecular flexibility index (Phi) is 5.12. The van der Waals surface area contributed by atoms with Crippen molar-refractivity contribution < 1.29 is 56.2 Å². The fourth-order valence-corrected chi connectivity index (χ4v) is 0.690. The average molecular weight is 175 g/mol. The molecule has 0 aliphatic heterocycles. The molecule has 0 aromatic rings. The molecule has 0 N–H and O–H groups in total. The van der Waals surface area contributed by atoms with Crippen LogP contribution in [-0.4, -0.2) is 11.5 Å². The van der Waals surface area contributed by atoms with Gasteiger partial charge in [-0.15, -0.1) is 0 Å². The Morgan fingerprint density at radius 3 is 2.55 bits per heavy atom. The normalized spacial score (nSPS) is 19.5. The van der Waals surface area contributed by atoms with Crippen LogP contribution in [0.15, 0.2) is 29.0 Å². The van der Waals surface area contributed by atoms with Crippen molar-refractivity contribution in [3.05, 3.63) is 29.0 Å². The molecule has 1 aliphatic rings. The van der Waals surface area contributed by atoms with E-state index in [4.69, 9.17) is 0 Å². The van der Waals surface area contributed by atoms with Crippen LogP contribution in [0, 0.1) is 5.21 Å². The molecule has 0 fully saturated rings. The summed E-state index contributed by atoms with van der Waals surface area (Å²) in [6.07, 6.45) is 4.21. The molecule has 0 aromatic heterocycles. The van der Waals surface area contributed by atoms with Gasteiger partial charge in [-0.05, 0) is 30.7 Å². The van der Waals surface area contributed by atoms with Crippen molar-refractivity contribution in [1.29, 1.82) is 0 Å². The van der Waals surface area contributed by atoms with E-state index in [9.17, 15) is 10.0 Å².